The van der Waals surface area contributed by atoms with Crippen molar-refractivity contribution in [1.29, 1.82) is 0 Å². The van der Waals surface area contributed by atoms with E-state index in [1.54, 1.807) is 0 Å². The van der Waals surface area contributed by atoms with E-state index in [0.717, 1.165) is 41.2 Å². The van der Waals surface area contributed by atoms with Crippen LogP contribution in [0.15, 0.2) is 27.1 Å². The lowest BCUT2D eigenvalue weighted by Gasteiger charge is -2.24. The van der Waals surface area contributed by atoms with Crippen molar-refractivity contribution in [3.8, 4) is 5.75 Å². The Morgan fingerprint density at radius 3 is 2.95 bits per heavy atom. The van der Waals surface area contributed by atoms with Crippen LogP contribution in [0.3, 0.4) is 0 Å². The molecule has 1 atom stereocenters. The van der Waals surface area contributed by atoms with Crippen molar-refractivity contribution < 1.29 is 14.6 Å². The highest BCUT2D eigenvalue weighted by atomic mass is 79.9. The fourth-order valence-corrected chi connectivity index (χ4v) is 3.77. The first-order chi connectivity index (χ1) is 10.1. The van der Waals surface area contributed by atoms with Crippen molar-refractivity contribution in [2.75, 3.05) is 19.8 Å². The fraction of sp³-hybridized carbons (Fsp3) is 0.533. The molecule has 1 saturated heterocycles. The molecule has 0 radical (unpaired) electrons. The topological polar surface area (TPSA) is 49.8 Å². The third kappa shape index (κ3) is 4.69. The van der Waals surface area contributed by atoms with Gasteiger partial charge in [-0.15, -0.1) is 0 Å². The zero-order valence-electron chi connectivity index (χ0n) is 11.7. The highest BCUT2D eigenvalue weighted by molar-refractivity contribution is 9.11. The number of likely N-dealkylation sites (tertiary alicyclic amines) is 1. The largest absolute Gasteiger partial charge is 0.483 e. The van der Waals surface area contributed by atoms with Gasteiger partial charge in [-0.2, -0.15) is 0 Å². The van der Waals surface area contributed by atoms with Gasteiger partial charge in [-0.3, -0.25) is 4.79 Å². The summed E-state index contributed by atoms with van der Waals surface area (Å²) in [4.78, 5) is 14.2. The number of carbonyl (C=O) groups excluding carboxylic acids is 1. The Labute approximate surface area is 141 Å². The van der Waals surface area contributed by atoms with Gasteiger partial charge in [0.25, 0.3) is 5.91 Å². The number of hydrogen-bond acceptors (Lipinski definition) is 3. The molecule has 1 N–H and O–H groups in total. The summed E-state index contributed by atoms with van der Waals surface area (Å²) in [7, 11) is 0. The van der Waals surface area contributed by atoms with Gasteiger partial charge >= 0.3 is 0 Å². The molecule has 0 saturated carbocycles. The number of carbonyl (C=O) groups is 1. The molecule has 116 valence electrons. The number of aliphatic hydroxyl groups is 1. The number of nitrogens with zero attached hydrogens (tertiary/aromatic N) is 1. The molecular formula is C15H19Br2NO3. The van der Waals surface area contributed by atoms with Gasteiger partial charge in [-0.25, -0.2) is 0 Å². The van der Waals surface area contributed by atoms with Crippen molar-refractivity contribution in [1.82, 2.24) is 4.90 Å². The summed E-state index contributed by atoms with van der Waals surface area (Å²) in [5.41, 5.74) is 0. The molecule has 2 rings (SSSR count). The lowest BCUT2D eigenvalue weighted by molar-refractivity contribution is -0.134. The number of benzene rings is 1. The second-order valence-corrected chi connectivity index (χ2v) is 6.88. The van der Waals surface area contributed by atoms with Crippen LogP contribution in [0.2, 0.25) is 0 Å². The molecule has 0 aliphatic carbocycles. The van der Waals surface area contributed by atoms with E-state index in [2.05, 4.69) is 31.9 Å². The van der Waals surface area contributed by atoms with Crippen LogP contribution in [0.4, 0.5) is 0 Å². The summed E-state index contributed by atoms with van der Waals surface area (Å²) in [6.45, 7) is 1.02. The molecule has 4 nitrogen and oxygen atoms in total. The van der Waals surface area contributed by atoms with Crippen LogP contribution in [0, 0.1) is 0 Å². The SMILES string of the molecule is O=C(COc1ccc(Br)cc1Br)N1CCCC1CCCO. The molecule has 1 heterocycles. The van der Waals surface area contributed by atoms with E-state index < -0.39 is 0 Å². The molecule has 1 amide bonds. The minimum atomic E-state index is 0.0188. The Morgan fingerprint density at radius 1 is 1.43 bits per heavy atom. The van der Waals surface area contributed by atoms with E-state index in [0.29, 0.717) is 5.75 Å². The standard InChI is InChI=1S/C15H19Br2NO3/c16-11-5-6-14(13(17)9-11)21-10-15(20)18-7-1-3-12(18)4-2-8-19/h5-6,9,12,19H,1-4,7-8,10H2. The molecule has 6 heteroatoms. The molecule has 0 bridgehead atoms. The predicted molar refractivity (Wildman–Crippen MR) is 88.4 cm³/mol. The Kier molecular flexibility index (Phi) is 6.51. The smallest absolute Gasteiger partial charge is 0.260 e. The van der Waals surface area contributed by atoms with Crippen LogP contribution >= 0.6 is 31.9 Å². The van der Waals surface area contributed by atoms with Crippen LogP contribution in [0.25, 0.3) is 0 Å². The van der Waals surface area contributed by atoms with Crippen LogP contribution in [-0.2, 0) is 4.79 Å². The number of ether oxygens (including phenoxy) is 1. The molecular weight excluding hydrogens is 402 g/mol. The number of aliphatic hydroxyl groups excluding tert-OH is 1. The van der Waals surface area contributed by atoms with Crippen LogP contribution in [-0.4, -0.2) is 41.7 Å². The maximum absolute atomic E-state index is 12.3. The van der Waals surface area contributed by atoms with E-state index in [9.17, 15) is 4.79 Å². The molecule has 1 aliphatic rings. The molecule has 1 aromatic rings. The summed E-state index contributed by atoms with van der Waals surface area (Å²) < 4.78 is 7.39. The minimum absolute atomic E-state index is 0.0188. The van der Waals surface area contributed by atoms with Gasteiger partial charge in [0.1, 0.15) is 5.75 Å². The second-order valence-electron chi connectivity index (χ2n) is 5.11. The first-order valence-electron chi connectivity index (χ1n) is 7.10. The molecule has 21 heavy (non-hydrogen) atoms. The van der Waals surface area contributed by atoms with Crippen LogP contribution < -0.4 is 4.74 Å². The minimum Gasteiger partial charge on any atom is -0.483 e. The summed E-state index contributed by atoms with van der Waals surface area (Å²) in [6, 6.07) is 5.85. The molecule has 1 fully saturated rings. The number of halogens is 2. The maximum Gasteiger partial charge on any atom is 0.260 e. The first kappa shape index (κ1) is 16.8. The highest BCUT2D eigenvalue weighted by Crippen LogP contribution is 2.28. The highest BCUT2D eigenvalue weighted by Gasteiger charge is 2.28. The van der Waals surface area contributed by atoms with Crippen molar-refractivity contribution in [2.24, 2.45) is 0 Å². The Hall–Kier alpha value is -0.590. The quantitative estimate of drug-likeness (QED) is 0.767. The van der Waals surface area contributed by atoms with Gasteiger partial charge in [0.2, 0.25) is 0 Å². The normalized spacial score (nSPS) is 18.0. The number of amides is 1. The summed E-state index contributed by atoms with van der Waals surface area (Å²) in [6.07, 6.45) is 3.66. The van der Waals surface area contributed by atoms with Gasteiger partial charge in [-0.05, 0) is 59.8 Å². The first-order valence-corrected chi connectivity index (χ1v) is 8.68. The van der Waals surface area contributed by atoms with E-state index in [4.69, 9.17) is 9.84 Å². The Balaban J connectivity index is 1.88. The molecule has 1 aromatic carbocycles. The predicted octanol–water partition coefficient (Wildman–Crippen LogP) is 3.35. The summed E-state index contributed by atoms with van der Waals surface area (Å²) in [5.74, 6) is 0.683. The molecule has 1 aliphatic heterocycles. The van der Waals surface area contributed by atoms with E-state index in [-0.39, 0.29) is 25.2 Å². The van der Waals surface area contributed by atoms with Gasteiger partial charge in [0, 0.05) is 23.7 Å². The average Bonchev–Trinajstić information content (AvgIpc) is 2.92. The summed E-state index contributed by atoms with van der Waals surface area (Å²) in [5, 5.41) is 8.92. The number of rotatable bonds is 6. The lowest BCUT2D eigenvalue weighted by atomic mass is 10.1. The van der Waals surface area contributed by atoms with E-state index in [1.807, 2.05) is 23.1 Å². The molecule has 0 spiro atoms. The van der Waals surface area contributed by atoms with Gasteiger partial charge in [-0.1, -0.05) is 15.9 Å². The maximum atomic E-state index is 12.3. The van der Waals surface area contributed by atoms with Crippen molar-refractivity contribution in [2.45, 2.75) is 31.7 Å². The molecule has 0 aromatic heterocycles. The second kappa shape index (κ2) is 8.15. The van der Waals surface area contributed by atoms with E-state index >= 15 is 0 Å². The van der Waals surface area contributed by atoms with Crippen LogP contribution in [0.5, 0.6) is 5.75 Å². The average molecular weight is 421 g/mol. The lowest BCUT2D eigenvalue weighted by Crippen LogP contribution is -2.38. The monoisotopic (exact) mass is 419 g/mol. The van der Waals surface area contributed by atoms with Gasteiger partial charge in [0.15, 0.2) is 6.61 Å². The zero-order valence-corrected chi connectivity index (χ0v) is 14.9. The number of hydrogen-bond donors (Lipinski definition) is 1. The fourth-order valence-electron chi connectivity index (χ4n) is 2.61. The summed E-state index contributed by atoms with van der Waals surface area (Å²) >= 11 is 6.80. The zero-order chi connectivity index (χ0) is 15.2. The van der Waals surface area contributed by atoms with E-state index in [1.165, 1.54) is 0 Å². The Morgan fingerprint density at radius 2 is 2.24 bits per heavy atom. The van der Waals surface area contributed by atoms with Gasteiger partial charge < -0.3 is 14.7 Å². The Bertz CT molecular complexity index is 496. The molecule has 1 unspecified atom stereocenters. The van der Waals surface area contributed by atoms with Gasteiger partial charge in [0.05, 0.1) is 4.47 Å². The third-order valence-electron chi connectivity index (χ3n) is 3.64. The third-order valence-corrected chi connectivity index (χ3v) is 4.75. The van der Waals surface area contributed by atoms with Crippen molar-refractivity contribution in [3.63, 3.8) is 0 Å². The van der Waals surface area contributed by atoms with Crippen molar-refractivity contribution in [3.05, 3.63) is 27.1 Å². The van der Waals surface area contributed by atoms with Crippen molar-refractivity contribution >= 4 is 37.8 Å². The van der Waals surface area contributed by atoms with Crippen LogP contribution in [0.1, 0.15) is 25.7 Å².